The zero-order chi connectivity index (χ0) is 19.8. The highest BCUT2D eigenvalue weighted by Crippen LogP contribution is 2.31. The molecule has 2 N–H and O–H groups in total. The average molecular weight is 403 g/mol. The van der Waals surface area contributed by atoms with Crippen molar-refractivity contribution in [3.05, 3.63) is 46.6 Å². The van der Waals surface area contributed by atoms with E-state index in [1.54, 1.807) is 5.38 Å². The van der Waals surface area contributed by atoms with E-state index < -0.39 is 18.0 Å². The minimum Gasteiger partial charge on any atom is -0.326 e. The summed E-state index contributed by atoms with van der Waals surface area (Å²) in [5.74, 6) is -0.685. The first-order chi connectivity index (χ1) is 13.4. The molecule has 1 aliphatic heterocycles. The lowest BCUT2D eigenvalue weighted by molar-refractivity contribution is -0.116. The maximum Gasteiger partial charge on any atom is 0.282 e. The summed E-state index contributed by atoms with van der Waals surface area (Å²) in [6.45, 7) is 0. The second-order valence-corrected chi connectivity index (χ2v) is 7.17. The zero-order valence-electron chi connectivity index (χ0n) is 14.7. The fraction of sp³-hybridized carbons (Fsp3) is 0.222. The van der Waals surface area contributed by atoms with Crippen LogP contribution in [0.15, 0.2) is 29.8 Å². The summed E-state index contributed by atoms with van der Waals surface area (Å²) in [5.41, 5.74) is 2.57. The van der Waals surface area contributed by atoms with Gasteiger partial charge in [0, 0.05) is 36.3 Å². The van der Waals surface area contributed by atoms with Crippen molar-refractivity contribution >= 4 is 34.0 Å². The fourth-order valence-electron chi connectivity index (χ4n) is 3.01. The van der Waals surface area contributed by atoms with Crippen LogP contribution in [0.2, 0.25) is 0 Å². The van der Waals surface area contributed by atoms with Crippen LogP contribution in [0.3, 0.4) is 0 Å². The van der Waals surface area contributed by atoms with Crippen molar-refractivity contribution in [3.8, 4) is 11.3 Å². The Morgan fingerprint density at radius 1 is 1.36 bits per heavy atom. The minimum atomic E-state index is -2.84. The Morgan fingerprint density at radius 3 is 2.96 bits per heavy atom. The molecule has 0 saturated heterocycles. The molecule has 2 amide bonds. The van der Waals surface area contributed by atoms with Gasteiger partial charge in [0.05, 0.1) is 11.3 Å². The van der Waals surface area contributed by atoms with Crippen molar-refractivity contribution in [2.45, 2.75) is 19.3 Å². The maximum atomic E-state index is 13.0. The number of nitrogens with zero attached hydrogens (tertiary/aromatic N) is 3. The number of benzene rings is 1. The molecule has 0 saturated carbocycles. The first kappa shape index (κ1) is 18.2. The zero-order valence-corrected chi connectivity index (χ0v) is 15.5. The predicted molar refractivity (Wildman–Crippen MR) is 101 cm³/mol. The molecule has 2 aromatic heterocycles. The molecule has 144 valence electrons. The van der Waals surface area contributed by atoms with Crippen LogP contribution in [0.25, 0.3) is 11.3 Å². The molecule has 28 heavy (non-hydrogen) atoms. The Bertz CT molecular complexity index is 1080. The van der Waals surface area contributed by atoms with Crippen LogP contribution in [0.1, 0.15) is 34.5 Å². The molecule has 0 unspecified atom stereocenters. The van der Waals surface area contributed by atoms with Crippen molar-refractivity contribution in [2.75, 3.05) is 10.6 Å². The monoisotopic (exact) mass is 403 g/mol. The number of anilines is 2. The predicted octanol–water partition coefficient (Wildman–Crippen LogP) is 3.62. The molecule has 3 aromatic rings. The normalized spacial score (nSPS) is 13.4. The van der Waals surface area contributed by atoms with E-state index in [1.165, 1.54) is 29.3 Å². The Kier molecular flexibility index (Phi) is 4.63. The standard InChI is InChI=1S/C18H15F2N5O2S/c1-25-7-11(15(24-25)16(19)20)17(27)23-18-22-13(8-28-18)10-2-4-12-9(6-10)3-5-14(26)21-12/h2,4,6-8,16H,3,5H2,1H3,(H,21,26)(H,22,23,27). The summed E-state index contributed by atoms with van der Waals surface area (Å²) >= 11 is 1.20. The van der Waals surface area contributed by atoms with E-state index in [0.717, 1.165) is 16.8 Å². The number of aromatic nitrogens is 3. The molecule has 10 heteroatoms. The Hall–Kier alpha value is -3.14. The van der Waals surface area contributed by atoms with Crippen LogP contribution in [0, 0.1) is 0 Å². The van der Waals surface area contributed by atoms with Crippen LogP contribution in [-0.4, -0.2) is 26.6 Å². The Morgan fingerprint density at radius 2 is 2.18 bits per heavy atom. The second kappa shape index (κ2) is 7.12. The molecular weight excluding hydrogens is 388 g/mol. The van der Waals surface area contributed by atoms with Gasteiger partial charge in [0.1, 0.15) is 5.69 Å². The van der Waals surface area contributed by atoms with E-state index in [4.69, 9.17) is 0 Å². The molecular formula is C18H15F2N5O2S. The third kappa shape index (κ3) is 3.50. The number of alkyl halides is 2. The van der Waals surface area contributed by atoms with Crippen LogP contribution >= 0.6 is 11.3 Å². The Balaban J connectivity index is 1.54. The number of nitrogens with one attached hydrogen (secondary N) is 2. The van der Waals surface area contributed by atoms with E-state index in [0.29, 0.717) is 23.7 Å². The van der Waals surface area contributed by atoms with Crippen molar-refractivity contribution < 1.29 is 18.4 Å². The van der Waals surface area contributed by atoms with Gasteiger partial charge in [-0.05, 0) is 24.1 Å². The largest absolute Gasteiger partial charge is 0.326 e. The van der Waals surface area contributed by atoms with Gasteiger partial charge in [0.15, 0.2) is 5.13 Å². The van der Waals surface area contributed by atoms with E-state index in [2.05, 4.69) is 20.7 Å². The van der Waals surface area contributed by atoms with Crippen LogP contribution in [-0.2, 0) is 18.3 Å². The molecule has 4 rings (SSSR count). The van der Waals surface area contributed by atoms with Gasteiger partial charge in [-0.1, -0.05) is 6.07 Å². The molecule has 1 aromatic carbocycles. The summed E-state index contributed by atoms with van der Waals surface area (Å²) < 4.78 is 27.2. The third-order valence-corrected chi connectivity index (χ3v) is 5.09. The quantitative estimate of drug-likeness (QED) is 0.696. The van der Waals surface area contributed by atoms with Crippen LogP contribution in [0.5, 0.6) is 0 Å². The van der Waals surface area contributed by atoms with Gasteiger partial charge in [-0.25, -0.2) is 13.8 Å². The maximum absolute atomic E-state index is 13.0. The van der Waals surface area contributed by atoms with E-state index in [-0.39, 0.29) is 11.5 Å². The molecule has 3 heterocycles. The number of carbonyl (C=O) groups excluding carboxylic acids is 2. The molecule has 0 bridgehead atoms. The smallest absolute Gasteiger partial charge is 0.282 e. The van der Waals surface area contributed by atoms with Crippen molar-refractivity contribution in [1.29, 1.82) is 0 Å². The molecule has 7 nitrogen and oxygen atoms in total. The average Bonchev–Trinajstić information content (AvgIpc) is 3.28. The molecule has 0 spiro atoms. The fourth-order valence-corrected chi connectivity index (χ4v) is 3.73. The lowest BCUT2D eigenvalue weighted by atomic mass is 9.99. The van der Waals surface area contributed by atoms with Gasteiger partial charge in [-0.15, -0.1) is 11.3 Å². The molecule has 0 radical (unpaired) electrons. The highest BCUT2D eigenvalue weighted by Gasteiger charge is 2.23. The summed E-state index contributed by atoms with van der Waals surface area (Å²) in [5, 5.41) is 11.1. The summed E-state index contributed by atoms with van der Waals surface area (Å²) in [4.78, 5) is 28.2. The number of halogens is 2. The van der Waals surface area contributed by atoms with E-state index in [9.17, 15) is 18.4 Å². The van der Waals surface area contributed by atoms with Gasteiger partial charge < -0.3 is 5.32 Å². The van der Waals surface area contributed by atoms with Gasteiger partial charge in [0.2, 0.25) is 5.91 Å². The number of hydrogen-bond acceptors (Lipinski definition) is 5. The molecule has 0 atom stereocenters. The lowest BCUT2D eigenvalue weighted by Crippen LogP contribution is -2.18. The summed E-state index contributed by atoms with van der Waals surface area (Å²) in [6.07, 6.45) is -0.500. The van der Waals surface area contributed by atoms with Crippen LogP contribution < -0.4 is 10.6 Å². The number of thiazole rings is 1. The third-order valence-electron chi connectivity index (χ3n) is 4.33. The van der Waals surface area contributed by atoms with Crippen LogP contribution in [0.4, 0.5) is 19.6 Å². The van der Waals surface area contributed by atoms with Crippen molar-refractivity contribution in [1.82, 2.24) is 14.8 Å². The van der Waals surface area contributed by atoms with Gasteiger partial charge in [0.25, 0.3) is 12.3 Å². The topological polar surface area (TPSA) is 88.9 Å². The van der Waals surface area contributed by atoms with Gasteiger partial charge in [-0.2, -0.15) is 5.10 Å². The SMILES string of the molecule is Cn1cc(C(=O)Nc2nc(-c3ccc4c(c3)CCC(=O)N4)cs2)c(C(F)F)n1. The van der Waals surface area contributed by atoms with Crippen molar-refractivity contribution in [2.24, 2.45) is 7.05 Å². The number of rotatable bonds is 4. The highest BCUT2D eigenvalue weighted by atomic mass is 32.1. The first-order valence-electron chi connectivity index (χ1n) is 8.42. The first-order valence-corrected chi connectivity index (χ1v) is 9.30. The molecule has 0 aliphatic carbocycles. The van der Waals surface area contributed by atoms with Gasteiger partial charge in [-0.3, -0.25) is 19.6 Å². The van der Waals surface area contributed by atoms with Gasteiger partial charge >= 0.3 is 0 Å². The lowest BCUT2D eigenvalue weighted by Gasteiger charge is -2.17. The van der Waals surface area contributed by atoms with E-state index >= 15 is 0 Å². The minimum absolute atomic E-state index is 0.00234. The number of aryl methyl sites for hydroxylation is 2. The molecule has 1 aliphatic rings. The summed E-state index contributed by atoms with van der Waals surface area (Å²) in [7, 11) is 1.47. The second-order valence-electron chi connectivity index (χ2n) is 6.31. The van der Waals surface area contributed by atoms with Crippen molar-refractivity contribution in [3.63, 3.8) is 0 Å². The summed E-state index contributed by atoms with van der Waals surface area (Å²) in [6, 6.07) is 5.61. The highest BCUT2D eigenvalue weighted by molar-refractivity contribution is 7.14. The molecule has 0 fully saturated rings. The Labute approximate surface area is 162 Å². The van der Waals surface area contributed by atoms with E-state index in [1.807, 2.05) is 18.2 Å². The number of carbonyl (C=O) groups is 2. The number of hydrogen-bond donors (Lipinski definition) is 2. The number of fused-ring (bicyclic) bond motifs is 1. The number of amides is 2.